The molecule has 1 aromatic heterocycles. The third-order valence-corrected chi connectivity index (χ3v) is 6.09. The Morgan fingerprint density at radius 3 is 2.63 bits per heavy atom. The second-order valence-corrected chi connectivity index (χ2v) is 8.66. The van der Waals surface area contributed by atoms with Crippen molar-refractivity contribution in [3.8, 4) is 5.69 Å². The fourth-order valence-electron chi connectivity index (χ4n) is 4.35. The maximum absolute atomic E-state index is 12.9. The van der Waals surface area contributed by atoms with Crippen LogP contribution >= 0.6 is 12.2 Å². The Labute approximate surface area is 204 Å². The summed E-state index contributed by atoms with van der Waals surface area (Å²) in [7, 11) is 0. The Balaban J connectivity index is 1.46. The van der Waals surface area contributed by atoms with Crippen LogP contribution in [-0.4, -0.2) is 25.9 Å². The van der Waals surface area contributed by atoms with Gasteiger partial charge < -0.3 is 10.6 Å². The van der Waals surface area contributed by atoms with E-state index >= 15 is 0 Å². The highest BCUT2D eigenvalue weighted by Gasteiger charge is 2.31. The van der Waals surface area contributed by atoms with E-state index in [1.165, 1.54) is 18.2 Å². The maximum Gasteiger partial charge on any atom is 0.416 e. The highest BCUT2D eigenvalue weighted by Crippen LogP contribution is 2.35. The van der Waals surface area contributed by atoms with E-state index in [-0.39, 0.29) is 28.4 Å². The molecule has 0 radical (unpaired) electrons. The summed E-state index contributed by atoms with van der Waals surface area (Å²) in [5.41, 5.74) is 2.39. The first-order valence-electron chi connectivity index (χ1n) is 10.8. The van der Waals surface area contributed by atoms with E-state index < -0.39 is 16.7 Å². The number of nitrogens with one attached hydrogen (secondary N) is 2. The predicted octanol–water partition coefficient (Wildman–Crippen LogP) is 5.81. The molecule has 1 heterocycles. The largest absolute Gasteiger partial charge is 0.416 e. The zero-order chi connectivity index (χ0) is 25.3. The van der Waals surface area contributed by atoms with Crippen molar-refractivity contribution in [2.24, 2.45) is 0 Å². The number of allylic oxidation sites excluding steroid dienone is 1. The number of anilines is 1. The Morgan fingerprint density at radius 2 is 1.91 bits per heavy atom. The Bertz CT molecular complexity index is 1320. The summed E-state index contributed by atoms with van der Waals surface area (Å²) >= 11 is 5.31. The molecule has 2 atom stereocenters. The maximum atomic E-state index is 12.9. The molecule has 2 aromatic carbocycles. The van der Waals surface area contributed by atoms with Crippen molar-refractivity contribution >= 4 is 28.7 Å². The number of alkyl halides is 3. The van der Waals surface area contributed by atoms with Crippen molar-refractivity contribution in [2.45, 2.75) is 38.4 Å². The number of thiocarbonyl (C=S) groups is 1. The molecule has 0 saturated heterocycles. The molecule has 0 bridgehead atoms. The molecule has 0 amide bonds. The van der Waals surface area contributed by atoms with Gasteiger partial charge in [0, 0.05) is 35.0 Å². The van der Waals surface area contributed by atoms with Crippen LogP contribution in [0.5, 0.6) is 0 Å². The van der Waals surface area contributed by atoms with Crippen LogP contribution < -0.4 is 10.6 Å². The lowest BCUT2D eigenvalue weighted by molar-refractivity contribution is -0.384. The minimum atomic E-state index is -4.44. The first-order valence-corrected chi connectivity index (χ1v) is 11.2. The predicted molar refractivity (Wildman–Crippen MR) is 131 cm³/mol. The SMILES string of the molecule is Cc1nn(-c2ccccc2[N+](=O)[O-])c(C)c1[C@@H]1C=C[C@@H](NC(=S)Nc2cccc(C(F)(F)F)c2)C1. The Kier molecular flexibility index (Phi) is 6.62. The van der Waals surface area contributed by atoms with Crippen LogP contribution in [0, 0.1) is 24.0 Å². The van der Waals surface area contributed by atoms with E-state index in [1.54, 1.807) is 22.9 Å². The molecule has 0 spiro atoms. The molecule has 3 aromatic rings. The van der Waals surface area contributed by atoms with E-state index in [4.69, 9.17) is 12.2 Å². The lowest BCUT2D eigenvalue weighted by Crippen LogP contribution is -2.35. The number of rotatable bonds is 5. The van der Waals surface area contributed by atoms with Crippen molar-refractivity contribution in [3.05, 3.63) is 93.3 Å². The lowest BCUT2D eigenvalue weighted by atomic mass is 9.96. The number of para-hydroxylation sites is 2. The molecular formula is C24H22F3N5O2S. The second kappa shape index (κ2) is 9.49. The van der Waals surface area contributed by atoms with Crippen molar-refractivity contribution in [1.29, 1.82) is 0 Å². The van der Waals surface area contributed by atoms with Gasteiger partial charge in [0.2, 0.25) is 0 Å². The van der Waals surface area contributed by atoms with Crippen LogP contribution in [-0.2, 0) is 6.18 Å². The molecular weight excluding hydrogens is 479 g/mol. The van der Waals surface area contributed by atoms with Gasteiger partial charge in [0.25, 0.3) is 5.69 Å². The van der Waals surface area contributed by atoms with Crippen LogP contribution in [0.25, 0.3) is 5.69 Å². The highest BCUT2D eigenvalue weighted by molar-refractivity contribution is 7.80. The van der Waals surface area contributed by atoms with Gasteiger partial charge in [0.05, 0.1) is 16.2 Å². The van der Waals surface area contributed by atoms with Gasteiger partial charge >= 0.3 is 6.18 Å². The van der Waals surface area contributed by atoms with Crippen LogP contribution in [0.4, 0.5) is 24.5 Å². The zero-order valence-electron chi connectivity index (χ0n) is 18.8. The molecule has 11 heteroatoms. The topological polar surface area (TPSA) is 85.0 Å². The summed E-state index contributed by atoms with van der Waals surface area (Å²) in [5, 5.41) is 22.2. The number of hydrogen-bond donors (Lipinski definition) is 2. The third kappa shape index (κ3) is 5.19. The molecule has 0 saturated carbocycles. The minimum absolute atomic E-state index is 0.000348. The van der Waals surface area contributed by atoms with Gasteiger partial charge in [-0.25, -0.2) is 4.68 Å². The molecule has 35 heavy (non-hydrogen) atoms. The number of hydrogen-bond acceptors (Lipinski definition) is 4. The summed E-state index contributed by atoms with van der Waals surface area (Å²) in [6.45, 7) is 3.74. The molecule has 1 aliphatic carbocycles. The number of aromatic nitrogens is 2. The van der Waals surface area contributed by atoms with Crippen LogP contribution in [0.1, 0.15) is 34.9 Å². The molecule has 7 nitrogen and oxygen atoms in total. The summed E-state index contributed by atoms with van der Waals surface area (Å²) in [5.74, 6) is 0.000348. The quantitative estimate of drug-likeness (QED) is 0.199. The normalized spacial score (nSPS) is 17.4. The molecule has 0 unspecified atom stereocenters. The lowest BCUT2D eigenvalue weighted by Gasteiger charge is -2.18. The second-order valence-electron chi connectivity index (χ2n) is 8.25. The van der Waals surface area contributed by atoms with Crippen molar-refractivity contribution in [1.82, 2.24) is 15.1 Å². The number of aryl methyl sites for hydroxylation is 1. The van der Waals surface area contributed by atoms with Crippen LogP contribution in [0.15, 0.2) is 60.7 Å². The molecule has 4 rings (SSSR count). The first kappa shape index (κ1) is 24.4. The number of benzene rings is 2. The summed E-state index contributed by atoms with van der Waals surface area (Å²) in [4.78, 5) is 11.0. The highest BCUT2D eigenvalue weighted by atomic mass is 32.1. The summed E-state index contributed by atoms with van der Waals surface area (Å²) in [6.07, 6.45) is 0.181. The van der Waals surface area contributed by atoms with E-state index in [1.807, 2.05) is 26.0 Å². The van der Waals surface area contributed by atoms with Gasteiger partial charge in [-0.2, -0.15) is 18.3 Å². The molecule has 2 N–H and O–H groups in total. The zero-order valence-corrected chi connectivity index (χ0v) is 19.7. The minimum Gasteiger partial charge on any atom is -0.356 e. The van der Waals surface area contributed by atoms with Gasteiger partial charge in [-0.3, -0.25) is 10.1 Å². The monoisotopic (exact) mass is 501 g/mol. The number of nitro benzene ring substituents is 1. The first-order chi connectivity index (χ1) is 16.5. The summed E-state index contributed by atoms with van der Waals surface area (Å²) < 4.78 is 40.4. The van der Waals surface area contributed by atoms with Gasteiger partial charge in [-0.15, -0.1) is 0 Å². The van der Waals surface area contributed by atoms with E-state index in [0.29, 0.717) is 12.1 Å². The molecule has 0 fully saturated rings. The van der Waals surface area contributed by atoms with E-state index in [0.717, 1.165) is 29.1 Å². The molecule has 1 aliphatic rings. The number of nitrogens with zero attached hydrogens (tertiary/aromatic N) is 3. The fraction of sp³-hybridized carbons (Fsp3) is 0.250. The molecule has 182 valence electrons. The van der Waals surface area contributed by atoms with E-state index in [2.05, 4.69) is 15.7 Å². The Morgan fingerprint density at radius 1 is 1.17 bits per heavy atom. The smallest absolute Gasteiger partial charge is 0.356 e. The van der Waals surface area contributed by atoms with Gasteiger partial charge in [-0.05, 0) is 56.8 Å². The van der Waals surface area contributed by atoms with Crippen molar-refractivity contribution in [3.63, 3.8) is 0 Å². The standard InChI is InChI=1S/C24H22F3N5O2S/c1-14-22(15(2)31(30-14)20-8-3-4-9-21(20)32(33)34)16-10-11-19(12-16)29-23(35)28-18-7-5-6-17(13-18)24(25,26)27/h3-11,13,16,19H,12H2,1-2H3,(H2,28,29,35)/t16-,19-/m1/s1. The number of nitro groups is 1. The molecule has 0 aliphatic heterocycles. The van der Waals surface area contributed by atoms with Gasteiger partial charge in [0.1, 0.15) is 5.69 Å². The van der Waals surface area contributed by atoms with Crippen molar-refractivity contribution in [2.75, 3.05) is 5.32 Å². The van der Waals surface area contributed by atoms with Gasteiger partial charge in [-0.1, -0.05) is 30.4 Å². The van der Waals surface area contributed by atoms with Crippen LogP contribution in [0.2, 0.25) is 0 Å². The number of halogens is 3. The third-order valence-electron chi connectivity index (χ3n) is 5.87. The summed E-state index contributed by atoms with van der Waals surface area (Å²) in [6, 6.07) is 11.1. The Hall–Kier alpha value is -3.73. The van der Waals surface area contributed by atoms with Gasteiger partial charge in [0.15, 0.2) is 5.11 Å². The van der Waals surface area contributed by atoms with E-state index in [9.17, 15) is 23.3 Å². The van der Waals surface area contributed by atoms with Crippen molar-refractivity contribution < 1.29 is 18.1 Å². The fourth-order valence-corrected chi connectivity index (χ4v) is 4.62. The average Bonchev–Trinajstić information content (AvgIpc) is 3.36. The average molecular weight is 502 g/mol. The van der Waals surface area contributed by atoms with Crippen LogP contribution in [0.3, 0.4) is 0 Å².